The summed E-state index contributed by atoms with van der Waals surface area (Å²) in [6.45, 7) is 0.860. The topological polar surface area (TPSA) is 60.8 Å². The summed E-state index contributed by atoms with van der Waals surface area (Å²) in [7, 11) is 1.42. The number of likely N-dealkylation sites (tertiary alicyclic amines) is 1. The summed E-state index contributed by atoms with van der Waals surface area (Å²) in [6.07, 6.45) is -6.11. The second-order valence-electron chi connectivity index (χ2n) is 4.05. The fourth-order valence-electron chi connectivity index (χ4n) is 2.03. The Kier molecular flexibility index (Phi) is 3.54. The molecule has 0 aromatic carbocycles. The predicted molar refractivity (Wildman–Crippen MR) is 51.3 cm³/mol. The van der Waals surface area contributed by atoms with Gasteiger partial charge in [0.1, 0.15) is 7.85 Å². The van der Waals surface area contributed by atoms with E-state index >= 15 is 0 Å². The van der Waals surface area contributed by atoms with Crippen LogP contribution in [0.25, 0.3) is 0 Å². The van der Waals surface area contributed by atoms with Crippen LogP contribution in [-0.4, -0.2) is 59.7 Å². The molecular weight excluding hydrogens is 226 g/mol. The molecule has 0 unspecified atom stereocenters. The molecule has 8 heteroatoms. The largest absolute Gasteiger partial charge is 0.471 e. The smallest absolute Gasteiger partial charge is 0.394 e. The van der Waals surface area contributed by atoms with Crippen molar-refractivity contribution in [3.63, 3.8) is 0 Å². The first-order valence-corrected chi connectivity index (χ1v) is 4.90. The summed E-state index contributed by atoms with van der Waals surface area (Å²) >= 11 is 0. The van der Waals surface area contributed by atoms with Gasteiger partial charge in [0, 0.05) is 5.94 Å². The van der Waals surface area contributed by atoms with Gasteiger partial charge in [-0.1, -0.05) is 6.92 Å². The van der Waals surface area contributed by atoms with Gasteiger partial charge in [0.2, 0.25) is 0 Å². The zero-order chi connectivity index (χ0) is 12.7. The van der Waals surface area contributed by atoms with Crippen LogP contribution in [0.15, 0.2) is 0 Å². The summed E-state index contributed by atoms with van der Waals surface area (Å²) in [5.41, 5.74) is 0. The van der Waals surface area contributed by atoms with E-state index in [1.54, 1.807) is 6.92 Å². The Bertz CT molecular complexity index is 286. The van der Waals surface area contributed by atoms with Crippen molar-refractivity contribution in [2.45, 2.75) is 31.2 Å². The first-order valence-electron chi connectivity index (χ1n) is 4.90. The summed E-state index contributed by atoms with van der Waals surface area (Å²) in [4.78, 5) is 11.6. The number of alkyl halides is 3. The quantitative estimate of drug-likeness (QED) is 0.559. The molecule has 1 heterocycles. The number of amides is 1. The maximum atomic E-state index is 12.3. The Morgan fingerprint density at radius 2 is 2.00 bits per heavy atom. The molecule has 0 aliphatic carbocycles. The van der Waals surface area contributed by atoms with Gasteiger partial charge in [-0.25, -0.2) is 0 Å². The van der Waals surface area contributed by atoms with Crippen LogP contribution >= 0.6 is 0 Å². The maximum Gasteiger partial charge on any atom is 0.471 e. The second kappa shape index (κ2) is 4.25. The zero-order valence-electron chi connectivity index (χ0n) is 8.90. The lowest BCUT2D eigenvalue weighted by atomic mass is 9.84. The molecule has 0 aromatic heterocycles. The second-order valence-corrected chi connectivity index (χ2v) is 4.05. The fraction of sp³-hybridized carbons (Fsp3) is 0.875. The fourth-order valence-corrected chi connectivity index (χ4v) is 2.03. The highest BCUT2D eigenvalue weighted by molar-refractivity contribution is 6.13. The molecule has 1 saturated heterocycles. The van der Waals surface area contributed by atoms with Gasteiger partial charge in [-0.2, -0.15) is 13.2 Å². The highest BCUT2D eigenvalue weighted by Crippen LogP contribution is 2.32. The minimum absolute atomic E-state index is 0.497. The average molecular weight is 239 g/mol. The lowest BCUT2D eigenvalue weighted by Gasteiger charge is -2.28. The molecule has 0 spiro atoms. The van der Waals surface area contributed by atoms with E-state index in [4.69, 9.17) is 5.11 Å². The van der Waals surface area contributed by atoms with Crippen LogP contribution in [0.4, 0.5) is 13.2 Å². The normalized spacial score (nSPS) is 35.5. The molecule has 1 amide bonds. The molecule has 0 bridgehead atoms. The highest BCUT2D eigenvalue weighted by atomic mass is 19.4. The van der Waals surface area contributed by atoms with Crippen LogP contribution in [0.1, 0.15) is 6.92 Å². The molecule has 1 fully saturated rings. The Morgan fingerprint density at radius 3 is 2.38 bits per heavy atom. The zero-order valence-corrected chi connectivity index (χ0v) is 8.90. The van der Waals surface area contributed by atoms with Crippen molar-refractivity contribution in [2.24, 2.45) is 5.92 Å². The van der Waals surface area contributed by atoms with Gasteiger partial charge in [-0.15, -0.1) is 0 Å². The predicted octanol–water partition coefficient (Wildman–Crippen LogP) is -1.29. The van der Waals surface area contributed by atoms with Crippen molar-refractivity contribution in [3.8, 4) is 0 Å². The van der Waals surface area contributed by atoms with Gasteiger partial charge in [-0.05, 0) is 5.92 Å². The van der Waals surface area contributed by atoms with Crippen LogP contribution in [0.3, 0.4) is 0 Å². The van der Waals surface area contributed by atoms with Crippen molar-refractivity contribution in [3.05, 3.63) is 0 Å². The number of halogens is 3. The highest BCUT2D eigenvalue weighted by Gasteiger charge is 2.53. The minimum atomic E-state index is -4.98. The standard InChI is InChI=1S/C8H13BF3NO3/c1-3-5(15)4(2-14)13(6(3)9)7(16)8(10,11)12/h3-6,14-15H,2,9H2,1H3/t3-,4-,5+,6-/m1/s1. The molecule has 16 heavy (non-hydrogen) atoms. The molecule has 4 nitrogen and oxygen atoms in total. The van der Waals surface area contributed by atoms with Crippen LogP contribution < -0.4 is 0 Å². The van der Waals surface area contributed by atoms with Crippen LogP contribution in [-0.2, 0) is 4.79 Å². The number of aliphatic hydroxyl groups is 2. The van der Waals surface area contributed by atoms with Crippen LogP contribution in [0, 0.1) is 5.92 Å². The van der Waals surface area contributed by atoms with Crippen LogP contribution in [0.5, 0.6) is 0 Å². The van der Waals surface area contributed by atoms with E-state index in [9.17, 15) is 23.1 Å². The van der Waals surface area contributed by atoms with Gasteiger partial charge in [0.15, 0.2) is 0 Å². The third kappa shape index (κ3) is 2.03. The molecule has 2 N–H and O–H groups in total. The number of hydrogen-bond donors (Lipinski definition) is 2. The van der Waals surface area contributed by atoms with Crippen molar-refractivity contribution >= 4 is 13.8 Å². The van der Waals surface area contributed by atoms with Crippen molar-refractivity contribution in [1.82, 2.24) is 4.90 Å². The summed E-state index contributed by atoms with van der Waals surface area (Å²) < 4.78 is 36.9. The number of rotatable bonds is 1. The first-order chi connectivity index (χ1) is 7.21. The van der Waals surface area contributed by atoms with E-state index in [-0.39, 0.29) is 0 Å². The van der Waals surface area contributed by atoms with Gasteiger partial charge in [-0.3, -0.25) is 4.79 Å². The lowest BCUT2D eigenvalue weighted by molar-refractivity contribution is -0.188. The van der Waals surface area contributed by atoms with E-state index in [1.807, 2.05) is 0 Å². The Hall–Kier alpha value is -0.755. The number of aliphatic hydroxyl groups excluding tert-OH is 2. The molecule has 0 aromatic rings. The molecule has 1 rings (SSSR count). The monoisotopic (exact) mass is 239 g/mol. The summed E-state index contributed by atoms with van der Waals surface area (Å²) in [6, 6.07) is -1.18. The molecule has 0 saturated carbocycles. The molecule has 1 aliphatic rings. The van der Waals surface area contributed by atoms with Crippen LogP contribution in [0.2, 0.25) is 0 Å². The van der Waals surface area contributed by atoms with E-state index < -0.39 is 42.7 Å². The number of carbonyl (C=O) groups excluding carboxylic acids is 1. The Labute approximate surface area is 91.4 Å². The molecule has 4 atom stereocenters. The summed E-state index contributed by atoms with van der Waals surface area (Å²) in [5.74, 6) is -3.26. The first kappa shape index (κ1) is 13.3. The molecule has 92 valence electrons. The van der Waals surface area contributed by atoms with E-state index in [2.05, 4.69) is 0 Å². The van der Waals surface area contributed by atoms with Crippen molar-refractivity contribution < 1.29 is 28.2 Å². The van der Waals surface area contributed by atoms with E-state index in [1.165, 1.54) is 7.85 Å². The third-order valence-electron chi connectivity index (χ3n) is 3.15. The van der Waals surface area contributed by atoms with Gasteiger partial charge in [0.25, 0.3) is 0 Å². The van der Waals surface area contributed by atoms with E-state index in [0.717, 1.165) is 0 Å². The number of carbonyl (C=O) groups is 1. The molecule has 0 radical (unpaired) electrons. The van der Waals surface area contributed by atoms with Gasteiger partial charge >= 0.3 is 12.1 Å². The van der Waals surface area contributed by atoms with Crippen molar-refractivity contribution in [1.29, 1.82) is 0 Å². The van der Waals surface area contributed by atoms with E-state index in [0.29, 0.717) is 4.90 Å². The van der Waals surface area contributed by atoms with Crippen molar-refractivity contribution in [2.75, 3.05) is 6.61 Å². The third-order valence-corrected chi connectivity index (χ3v) is 3.15. The average Bonchev–Trinajstić information content (AvgIpc) is 2.39. The Morgan fingerprint density at radius 1 is 1.50 bits per heavy atom. The molecule has 1 aliphatic heterocycles. The maximum absolute atomic E-state index is 12.3. The molecular formula is C8H13BF3NO3. The Balaban J connectivity index is 2.98. The van der Waals surface area contributed by atoms with Gasteiger partial charge < -0.3 is 15.1 Å². The SMILES string of the molecule is B[C@H]1[C@H](C)[C@H](O)[C@@H](CO)N1C(=O)C(F)(F)F. The number of nitrogens with zero attached hydrogens (tertiary/aromatic N) is 1. The lowest BCUT2D eigenvalue weighted by Crippen LogP contribution is -2.51. The summed E-state index contributed by atoms with van der Waals surface area (Å²) in [5, 5.41) is 18.5. The number of hydrogen-bond acceptors (Lipinski definition) is 3. The van der Waals surface area contributed by atoms with Gasteiger partial charge in [0.05, 0.1) is 18.8 Å². The minimum Gasteiger partial charge on any atom is -0.394 e.